The lowest BCUT2D eigenvalue weighted by Gasteiger charge is -2.06. The Kier molecular flexibility index (Phi) is 3.96. The van der Waals surface area contributed by atoms with E-state index in [1.165, 1.54) is 0 Å². The Balaban J connectivity index is 1.77. The van der Waals surface area contributed by atoms with Crippen molar-refractivity contribution in [1.29, 1.82) is 0 Å². The molecule has 0 spiro atoms. The molecule has 1 aromatic carbocycles. The zero-order valence-corrected chi connectivity index (χ0v) is 12.2. The van der Waals surface area contributed by atoms with E-state index in [1.807, 2.05) is 0 Å². The van der Waals surface area contributed by atoms with Gasteiger partial charge in [0.2, 0.25) is 5.91 Å². The Morgan fingerprint density at radius 2 is 1.91 bits per heavy atom. The highest BCUT2D eigenvalue weighted by atomic mass is 35.5. The van der Waals surface area contributed by atoms with Crippen LogP contribution in [-0.2, 0) is 11.2 Å². The molecule has 0 aliphatic carbocycles. The minimum Gasteiger partial charge on any atom is -0.323 e. The number of fused-ring (bicyclic) bond motifs is 1. The Hall–Kier alpha value is -2.54. The highest BCUT2D eigenvalue weighted by Crippen LogP contribution is 2.20. The third-order valence-electron chi connectivity index (χ3n) is 3.12. The summed E-state index contributed by atoms with van der Waals surface area (Å²) in [5, 5.41) is 2.70. The van der Waals surface area contributed by atoms with Crippen molar-refractivity contribution in [3.8, 4) is 0 Å². The number of pyridine rings is 1. The van der Waals surface area contributed by atoms with E-state index in [0.717, 1.165) is 12.1 Å². The molecule has 3 rings (SSSR count). The third-order valence-corrected chi connectivity index (χ3v) is 3.34. The number of carbonyl (C=O) groups is 1. The van der Waals surface area contributed by atoms with E-state index in [4.69, 9.17) is 11.6 Å². The van der Waals surface area contributed by atoms with Gasteiger partial charge in [0, 0.05) is 12.4 Å². The van der Waals surface area contributed by atoms with Crippen LogP contribution in [0.1, 0.15) is 5.69 Å². The second kappa shape index (κ2) is 5.92. The first-order chi connectivity index (χ1) is 10.9. The van der Waals surface area contributed by atoms with Gasteiger partial charge in [0.25, 0.3) is 0 Å². The van der Waals surface area contributed by atoms with Crippen molar-refractivity contribution in [1.82, 2.24) is 9.38 Å². The number of benzene rings is 1. The lowest BCUT2D eigenvalue weighted by atomic mass is 10.2. The van der Waals surface area contributed by atoms with Gasteiger partial charge in [0.05, 0.1) is 22.8 Å². The zero-order valence-electron chi connectivity index (χ0n) is 11.5. The average Bonchev–Trinajstić information content (AvgIpc) is 2.89. The Bertz CT molecular complexity index is 910. The SMILES string of the molecule is O=C(Cc1cn2cc(Cl)ccc2n1)Nc1ccc(F)c(F)c1F. The van der Waals surface area contributed by atoms with E-state index < -0.39 is 29.0 Å². The van der Waals surface area contributed by atoms with Crippen molar-refractivity contribution in [3.63, 3.8) is 0 Å². The molecule has 23 heavy (non-hydrogen) atoms. The fraction of sp³-hybridized carbons (Fsp3) is 0.0667. The van der Waals surface area contributed by atoms with Crippen LogP contribution in [0, 0.1) is 17.5 Å². The molecule has 1 amide bonds. The Morgan fingerprint density at radius 1 is 1.13 bits per heavy atom. The quantitative estimate of drug-likeness (QED) is 0.741. The van der Waals surface area contributed by atoms with E-state index in [9.17, 15) is 18.0 Å². The fourth-order valence-electron chi connectivity index (χ4n) is 2.08. The molecule has 0 unspecified atom stereocenters. The number of imidazole rings is 1. The van der Waals surface area contributed by atoms with Gasteiger partial charge in [-0.2, -0.15) is 0 Å². The van der Waals surface area contributed by atoms with Crippen molar-refractivity contribution in [3.05, 3.63) is 64.8 Å². The van der Waals surface area contributed by atoms with Gasteiger partial charge < -0.3 is 9.72 Å². The number of halogens is 4. The van der Waals surface area contributed by atoms with Crippen molar-refractivity contribution in [2.24, 2.45) is 0 Å². The summed E-state index contributed by atoms with van der Waals surface area (Å²) in [5.41, 5.74) is 0.588. The van der Waals surface area contributed by atoms with Gasteiger partial charge in [-0.15, -0.1) is 0 Å². The molecule has 4 nitrogen and oxygen atoms in total. The number of aromatic nitrogens is 2. The molecule has 0 bridgehead atoms. The number of carbonyl (C=O) groups excluding carboxylic acids is 1. The second-order valence-corrected chi connectivity index (χ2v) is 5.23. The van der Waals surface area contributed by atoms with Crippen LogP contribution in [0.15, 0.2) is 36.7 Å². The molecule has 8 heteroatoms. The van der Waals surface area contributed by atoms with Crippen LogP contribution in [0.5, 0.6) is 0 Å². The van der Waals surface area contributed by atoms with Crippen LogP contribution in [0.2, 0.25) is 5.02 Å². The van der Waals surface area contributed by atoms with Gasteiger partial charge in [-0.25, -0.2) is 18.2 Å². The third kappa shape index (κ3) is 3.14. The maximum atomic E-state index is 13.5. The van der Waals surface area contributed by atoms with Crippen molar-refractivity contribution < 1.29 is 18.0 Å². The number of rotatable bonds is 3. The molecule has 2 heterocycles. The van der Waals surface area contributed by atoms with Gasteiger partial charge in [-0.3, -0.25) is 4.79 Å². The molecule has 0 fully saturated rings. The summed E-state index contributed by atoms with van der Waals surface area (Å²) in [7, 11) is 0. The highest BCUT2D eigenvalue weighted by Gasteiger charge is 2.16. The molecule has 0 atom stereocenters. The molecule has 0 aliphatic rings. The maximum Gasteiger partial charge on any atom is 0.230 e. The Labute approximate surface area is 133 Å². The van der Waals surface area contributed by atoms with Crippen LogP contribution in [0.4, 0.5) is 18.9 Å². The van der Waals surface area contributed by atoms with Crippen molar-refractivity contribution >= 4 is 28.8 Å². The summed E-state index contributed by atoms with van der Waals surface area (Å²) < 4.78 is 41.1. The molecule has 0 radical (unpaired) electrons. The summed E-state index contributed by atoms with van der Waals surface area (Å²) in [5.74, 6) is -5.01. The average molecular weight is 340 g/mol. The first-order valence-electron chi connectivity index (χ1n) is 6.50. The van der Waals surface area contributed by atoms with E-state index >= 15 is 0 Å². The summed E-state index contributed by atoms with van der Waals surface area (Å²) in [4.78, 5) is 16.1. The molecule has 0 saturated carbocycles. The molecular weight excluding hydrogens is 331 g/mol. The predicted octanol–water partition coefficient (Wildman–Crippen LogP) is 3.59. The smallest absolute Gasteiger partial charge is 0.230 e. The standard InChI is InChI=1S/C15H9ClF3N3O/c16-8-1-4-12-20-9(7-22(12)6-8)5-13(23)21-11-3-2-10(17)14(18)15(11)19/h1-4,6-7H,5H2,(H,21,23). The number of nitrogens with zero attached hydrogens (tertiary/aromatic N) is 2. The maximum absolute atomic E-state index is 13.5. The van der Waals surface area contributed by atoms with Crippen LogP contribution in [-0.4, -0.2) is 15.3 Å². The number of amides is 1. The molecule has 1 N–H and O–H groups in total. The van der Waals surface area contributed by atoms with E-state index in [0.29, 0.717) is 16.4 Å². The number of nitrogens with one attached hydrogen (secondary N) is 1. The van der Waals surface area contributed by atoms with Crippen LogP contribution < -0.4 is 5.32 Å². The fourth-order valence-corrected chi connectivity index (χ4v) is 2.25. The van der Waals surface area contributed by atoms with Crippen molar-refractivity contribution in [2.45, 2.75) is 6.42 Å². The molecule has 118 valence electrons. The topological polar surface area (TPSA) is 46.4 Å². The number of hydrogen-bond acceptors (Lipinski definition) is 2. The predicted molar refractivity (Wildman–Crippen MR) is 78.9 cm³/mol. The molecule has 0 aliphatic heterocycles. The van der Waals surface area contributed by atoms with Gasteiger partial charge in [0.1, 0.15) is 5.65 Å². The monoisotopic (exact) mass is 339 g/mol. The van der Waals surface area contributed by atoms with E-state index in [-0.39, 0.29) is 6.42 Å². The molecule has 0 saturated heterocycles. The lowest BCUT2D eigenvalue weighted by molar-refractivity contribution is -0.115. The summed E-state index contributed by atoms with van der Waals surface area (Å²) >= 11 is 5.85. The van der Waals surface area contributed by atoms with E-state index in [2.05, 4.69) is 10.3 Å². The van der Waals surface area contributed by atoms with Gasteiger partial charge in [0.15, 0.2) is 17.5 Å². The van der Waals surface area contributed by atoms with Crippen LogP contribution in [0.25, 0.3) is 5.65 Å². The number of hydrogen-bond donors (Lipinski definition) is 1. The normalized spacial score (nSPS) is 11.0. The molecule has 3 aromatic rings. The van der Waals surface area contributed by atoms with Gasteiger partial charge >= 0.3 is 0 Å². The summed E-state index contributed by atoms with van der Waals surface area (Å²) in [6, 6.07) is 5.03. The van der Waals surface area contributed by atoms with Crippen LogP contribution >= 0.6 is 11.6 Å². The summed E-state index contributed by atoms with van der Waals surface area (Å²) in [6.07, 6.45) is 3.07. The lowest BCUT2D eigenvalue weighted by Crippen LogP contribution is -2.16. The van der Waals surface area contributed by atoms with Gasteiger partial charge in [-0.05, 0) is 24.3 Å². The number of anilines is 1. The van der Waals surface area contributed by atoms with E-state index in [1.54, 1.807) is 28.9 Å². The largest absolute Gasteiger partial charge is 0.323 e. The minimum absolute atomic E-state index is 0.155. The van der Waals surface area contributed by atoms with Crippen molar-refractivity contribution in [2.75, 3.05) is 5.32 Å². The first-order valence-corrected chi connectivity index (χ1v) is 6.88. The molecular formula is C15H9ClF3N3O. The van der Waals surface area contributed by atoms with Crippen LogP contribution in [0.3, 0.4) is 0 Å². The first kappa shape index (κ1) is 15.4. The van der Waals surface area contributed by atoms with Gasteiger partial charge in [-0.1, -0.05) is 11.6 Å². The highest BCUT2D eigenvalue weighted by molar-refractivity contribution is 6.30. The minimum atomic E-state index is -1.63. The Morgan fingerprint density at radius 3 is 2.70 bits per heavy atom. The zero-order chi connectivity index (χ0) is 16.6. The second-order valence-electron chi connectivity index (χ2n) is 4.79. The molecule has 2 aromatic heterocycles. The summed E-state index contributed by atoms with van der Waals surface area (Å²) in [6.45, 7) is 0.